The van der Waals surface area contributed by atoms with Crippen molar-refractivity contribution in [3.8, 4) is 16.9 Å². The molecule has 0 saturated heterocycles. The summed E-state index contributed by atoms with van der Waals surface area (Å²) in [5, 5.41) is 1.19. The lowest BCUT2D eigenvalue weighted by Gasteiger charge is -2.20. The van der Waals surface area contributed by atoms with Crippen molar-refractivity contribution in [3.05, 3.63) is 48.2 Å². The van der Waals surface area contributed by atoms with E-state index in [0.29, 0.717) is 18.5 Å². The Balaban J connectivity index is 1.75. The van der Waals surface area contributed by atoms with Crippen molar-refractivity contribution in [1.82, 2.24) is 4.57 Å². The monoisotopic (exact) mass is 406 g/mol. The molecule has 30 heavy (non-hydrogen) atoms. The molecule has 1 aliphatic carbocycles. The Morgan fingerprint density at radius 1 is 1.17 bits per heavy atom. The van der Waals surface area contributed by atoms with Gasteiger partial charge < -0.3 is 19.8 Å². The highest BCUT2D eigenvalue weighted by atomic mass is 16.5. The van der Waals surface area contributed by atoms with E-state index in [1.54, 1.807) is 0 Å². The number of benzene rings is 2. The molecule has 1 fully saturated rings. The number of nitrogens with zero attached hydrogens (tertiary/aromatic N) is 1. The van der Waals surface area contributed by atoms with Gasteiger partial charge in [0.25, 0.3) is 0 Å². The smallest absolute Gasteiger partial charge is 0.305 e. The topological polar surface area (TPSA) is 66.5 Å². The Bertz CT molecular complexity index is 1050. The van der Waals surface area contributed by atoms with Crippen molar-refractivity contribution >= 4 is 22.6 Å². The number of ether oxygens (including phenoxy) is 2. The molecule has 4 rings (SSSR count). The SMILES string of the molecule is CCn1ccc2cc(-c3cc(CCC(=O)OC)cc(N)c3OC3CCCC3)ccc21. The summed E-state index contributed by atoms with van der Waals surface area (Å²) in [6.07, 6.45) is 7.80. The van der Waals surface area contributed by atoms with Crippen LogP contribution in [-0.4, -0.2) is 23.8 Å². The number of nitrogens with two attached hydrogens (primary N) is 1. The highest BCUT2D eigenvalue weighted by Crippen LogP contribution is 2.40. The van der Waals surface area contributed by atoms with Gasteiger partial charge in [-0.15, -0.1) is 0 Å². The highest BCUT2D eigenvalue weighted by molar-refractivity contribution is 5.88. The summed E-state index contributed by atoms with van der Waals surface area (Å²) in [6, 6.07) is 12.7. The number of carbonyl (C=O) groups excluding carboxylic acids is 1. The summed E-state index contributed by atoms with van der Waals surface area (Å²) in [5.41, 5.74) is 11.4. The summed E-state index contributed by atoms with van der Waals surface area (Å²) < 4.78 is 13.4. The van der Waals surface area contributed by atoms with Gasteiger partial charge in [-0.3, -0.25) is 4.79 Å². The van der Waals surface area contributed by atoms with Crippen molar-refractivity contribution in [2.24, 2.45) is 0 Å². The molecule has 158 valence electrons. The molecule has 5 nitrogen and oxygen atoms in total. The maximum Gasteiger partial charge on any atom is 0.305 e. The summed E-state index contributed by atoms with van der Waals surface area (Å²) in [6.45, 7) is 3.08. The average Bonchev–Trinajstić information content (AvgIpc) is 3.42. The molecular weight excluding hydrogens is 376 g/mol. The predicted octanol–water partition coefficient (Wildman–Crippen LogP) is 5.34. The maximum absolute atomic E-state index is 11.6. The third kappa shape index (κ3) is 4.16. The number of carbonyl (C=O) groups is 1. The predicted molar refractivity (Wildman–Crippen MR) is 121 cm³/mol. The van der Waals surface area contributed by atoms with Crippen LogP contribution in [0.3, 0.4) is 0 Å². The Hall–Kier alpha value is -2.95. The molecule has 1 heterocycles. The van der Waals surface area contributed by atoms with Gasteiger partial charge in [-0.05, 0) is 80.5 Å². The van der Waals surface area contributed by atoms with Gasteiger partial charge in [0.05, 0.1) is 18.9 Å². The van der Waals surface area contributed by atoms with Crippen molar-refractivity contribution in [1.29, 1.82) is 0 Å². The van der Waals surface area contributed by atoms with Crippen molar-refractivity contribution in [2.75, 3.05) is 12.8 Å². The molecule has 1 aliphatic rings. The number of aromatic nitrogens is 1. The summed E-state index contributed by atoms with van der Waals surface area (Å²) in [4.78, 5) is 11.6. The van der Waals surface area contributed by atoms with Gasteiger partial charge in [0.1, 0.15) is 5.75 Å². The molecule has 0 radical (unpaired) electrons. The van der Waals surface area contributed by atoms with Gasteiger partial charge in [-0.1, -0.05) is 6.07 Å². The van der Waals surface area contributed by atoms with Gasteiger partial charge in [0.15, 0.2) is 0 Å². The average molecular weight is 407 g/mol. The molecular formula is C25H30N2O3. The molecule has 0 aliphatic heterocycles. The number of rotatable bonds is 7. The zero-order chi connectivity index (χ0) is 21.1. The largest absolute Gasteiger partial charge is 0.488 e. The van der Waals surface area contributed by atoms with Crippen LogP contribution in [0.1, 0.15) is 44.6 Å². The molecule has 0 amide bonds. The van der Waals surface area contributed by atoms with E-state index in [4.69, 9.17) is 15.2 Å². The normalized spacial score (nSPS) is 14.3. The van der Waals surface area contributed by atoms with Gasteiger partial charge in [0, 0.05) is 35.6 Å². The van der Waals surface area contributed by atoms with Crippen molar-refractivity contribution in [2.45, 2.75) is 58.1 Å². The van der Waals surface area contributed by atoms with E-state index in [9.17, 15) is 4.79 Å². The molecule has 1 saturated carbocycles. The van der Waals surface area contributed by atoms with Crippen LogP contribution in [0.5, 0.6) is 5.75 Å². The van der Waals surface area contributed by atoms with E-state index < -0.39 is 0 Å². The third-order valence-electron chi connectivity index (χ3n) is 6.03. The molecule has 0 spiro atoms. The van der Waals surface area contributed by atoms with Crippen molar-refractivity contribution < 1.29 is 14.3 Å². The van der Waals surface area contributed by atoms with Crippen LogP contribution in [0.25, 0.3) is 22.0 Å². The second kappa shape index (κ2) is 8.82. The van der Waals surface area contributed by atoms with E-state index in [-0.39, 0.29) is 12.1 Å². The Kier molecular flexibility index (Phi) is 5.98. The molecule has 0 unspecified atom stereocenters. The molecule has 5 heteroatoms. The van der Waals surface area contributed by atoms with Crippen LogP contribution < -0.4 is 10.5 Å². The van der Waals surface area contributed by atoms with Gasteiger partial charge in [-0.25, -0.2) is 0 Å². The van der Waals surface area contributed by atoms with Crippen LogP contribution in [0, 0.1) is 0 Å². The lowest BCUT2D eigenvalue weighted by Crippen LogP contribution is -2.13. The fourth-order valence-electron chi connectivity index (χ4n) is 4.37. The summed E-state index contributed by atoms with van der Waals surface area (Å²) in [7, 11) is 1.41. The van der Waals surface area contributed by atoms with Crippen LogP contribution >= 0.6 is 0 Å². The third-order valence-corrected chi connectivity index (χ3v) is 6.03. The first kappa shape index (κ1) is 20.3. The Labute approximate surface area is 177 Å². The highest BCUT2D eigenvalue weighted by Gasteiger charge is 2.21. The molecule has 2 N–H and O–H groups in total. The Morgan fingerprint density at radius 2 is 1.97 bits per heavy atom. The number of fused-ring (bicyclic) bond motifs is 1. The number of esters is 1. The minimum absolute atomic E-state index is 0.219. The van der Waals surface area contributed by atoms with Gasteiger partial charge in [-0.2, -0.15) is 0 Å². The molecule has 2 aromatic carbocycles. The lowest BCUT2D eigenvalue weighted by molar-refractivity contribution is -0.140. The van der Waals surface area contributed by atoms with Gasteiger partial charge in [0.2, 0.25) is 0 Å². The van der Waals surface area contributed by atoms with E-state index in [1.807, 2.05) is 6.07 Å². The number of hydrogen-bond donors (Lipinski definition) is 1. The number of anilines is 1. The van der Waals surface area contributed by atoms with Crippen LogP contribution in [0.4, 0.5) is 5.69 Å². The number of hydrogen-bond acceptors (Lipinski definition) is 4. The minimum Gasteiger partial charge on any atom is -0.488 e. The van der Waals surface area contributed by atoms with Crippen LogP contribution in [0.2, 0.25) is 0 Å². The fraction of sp³-hybridized carbons (Fsp3) is 0.400. The van der Waals surface area contributed by atoms with Crippen LogP contribution in [0.15, 0.2) is 42.6 Å². The standard InChI is InChI=1S/C25H30N2O3/c1-3-27-13-12-19-16-18(9-10-23(19)27)21-14-17(8-11-24(28)29-2)15-22(26)25(21)30-20-6-4-5-7-20/h9-10,12-16,20H,3-8,11,26H2,1-2H3. The van der Waals surface area contributed by atoms with Gasteiger partial charge >= 0.3 is 5.97 Å². The number of methoxy groups -OCH3 is 1. The summed E-state index contributed by atoms with van der Waals surface area (Å²) in [5.74, 6) is 0.543. The second-order valence-electron chi connectivity index (χ2n) is 8.04. The van der Waals surface area contributed by atoms with Crippen LogP contribution in [-0.2, 0) is 22.5 Å². The van der Waals surface area contributed by atoms with Crippen molar-refractivity contribution in [3.63, 3.8) is 0 Å². The quantitative estimate of drug-likeness (QED) is 0.425. The molecule has 0 atom stereocenters. The Morgan fingerprint density at radius 3 is 2.70 bits per heavy atom. The number of nitrogen functional groups attached to an aromatic ring is 1. The maximum atomic E-state index is 11.6. The first-order chi connectivity index (χ1) is 14.6. The van der Waals surface area contributed by atoms with E-state index in [2.05, 4.69) is 48.0 Å². The van der Waals surface area contributed by atoms with E-state index >= 15 is 0 Å². The minimum atomic E-state index is -0.219. The first-order valence-corrected chi connectivity index (χ1v) is 10.8. The second-order valence-corrected chi connectivity index (χ2v) is 8.04. The lowest BCUT2D eigenvalue weighted by atomic mass is 9.97. The van der Waals surface area contributed by atoms with E-state index in [1.165, 1.54) is 30.9 Å². The zero-order valence-electron chi connectivity index (χ0n) is 17.8. The number of aryl methyl sites for hydroxylation is 2. The zero-order valence-corrected chi connectivity index (χ0v) is 17.8. The molecule has 1 aromatic heterocycles. The van der Waals surface area contributed by atoms with E-state index in [0.717, 1.165) is 41.8 Å². The fourth-order valence-corrected chi connectivity index (χ4v) is 4.37. The molecule has 0 bridgehead atoms. The first-order valence-electron chi connectivity index (χ1n) is 10.8. The summed E-state index contributed by atoms with van der Waals surface area (Å²) >= 11 is 0. The molecule has 3 aromatic rings.